The molecule has 0 unspecified atom stereocenters. The summed E-state index contributed by atoms with van der Waals surface area (Å²) in [5.41, 5.74) is 16.0. The Kier molecular flexibility index (Phi) is 7.08. The number of aromatic nitrogens is 2. The predicted octanol–water partition coefficient (Wildman–Crippen LogP) is 12.0. The number of benzene rings is 6. The first-order chi connectivity index (χ1) is 23.7. The van der Waals surface area contributed by atoms with Gasteiger partial charge in [0.05, 0.1) is 11.4 Å². The van der Waals surface area contributed by atoms with Gasteiger partial charge in [0.15, 0.2) is 5.82 Å². The van der Waals surface area contributed by atoms with Gasteiger partial charge < -0.3 is 0 Å². The van der Waals surface area contributed by atoms with E-state index in [2.05, 4.69) is 140 Å². The Bertz CT molecular complexity index is 2230. The van der Waals surface area contributed by atoms with E-state index in [1.165, 1.54) is 76.6 Å². The summed E-state index contributed by atoms with van der Waals surface area (Å²) in [6, 6.07) is 56.8. The molecule has 0 radical (unpaired) electrons. The average molecular weight is 617 g/mol. The van der Waals surface area contributed by atoms with Crippen molar-refractivity contribution in [3.63, 3.8) is 0 Å². The van der Waals surface area contributed by atoms with Gasteiger partial charge in [0.2, 0.25) is 0 Å². The normalized spacial score (nSPS) is 14.4. The number of nitrogens with zero attached hydrogens (tertiary/aromatic N) is 2. The maximum Gasteiger partial charge on any atom is 0.160 e. The monoisotopic (exact) mass is 616 g/mol. The van der Waals surface area contributed by atoms with Crippen molar-refractivity contribution < 1.29 is 0 Å². The van der Waals surface area contributed by atoms with Crippen LogP contribution in [0, 0.1) is 0 Å². The molecular formula is C46H36N2. The van der Waals surface area contributed by atoms with Gasteiger partial charge in [0.1, 0.15) is 0 Å². The van der Waals surface area contributed by atoms with Crippen molar-refractivity contribution in [2.75, 3.05) is 0 Å². The van der Waals surface area contributed by atoms with Gasteiger partial charge in [-0.1, -0.05) is 165 Å². The maximum atomic E-state index is 5.08. The summed E-state index contributed by atoms with van der Waals surface area (Å²) in [6.07, 6.45) is 6.43. The first kappa shape index (κ1) is 28.6. The summed E-state index contributed by atoms with van der Waals surface area (Å²) in [5.74, 6) is 0.732. The van der Waals surface area contributed by atoms with Gasteiger partial charge in [-0.2, -0.15) is 0 Å². The summed E-state index contributed by atoms with van der Waals surface area (Å²) in [6.45, 7) is 0. The zero-order valence-corrected chi connectivity index (χ0v) is 26.9. The van der Waals surface area contributed by atoms with E-state index in [4.69, 9.17) is 9.97 Å². The SMILES string of the molecule is c1ccc(-c2ccc(-c3cc(-c4ccc(-c5ccc6c(c5)C5(CCCCC5)c5ccccc5-6)cc4)nc(-c4ccccc4)n3)cc2)cc1. The van der Waals surface area contributed by atoms with E-state index >= 15 is 0 Å². The van der Waals surface area contributed by atoms with E-state index in [9.17, 15) is 0 Å². The molecule has 7 aromatic rings. The number of rotatable bonds is 5. The fraction of sp³-hybridized carbons (Fsp3) is 0.130. The number of hydrogen-bond donors (Lipinski definition) is 0. The lowest BCUT2D eigenvalue weighted by molar-refractivity contribution is 0.353. The van der Waals surface area contributed by atoms with Gasteiger partial charge in [-0.15, -0.1) is 0 Å². The van der Waals surface area contributed by atoms with Crippen molar-refractivity contribution in [3.8, 4) is 67.3 Å². The van der Waals surface area contributed by atoms with Crippen LogP contribution in [0.5, 0.6) is 0 Å². The van der Waals surface area contributed by atoms with Crippen LogP contribution >= 0.6 is 0 Å². The molecule has 2 nitrogen and oxygen atoms in total. The van der Waals surface area contributed by atoms with E-state index < -0.39 is 0 Å². The highest BCUT2D eigenvalue weighted by Gasteiger charge is 2.43. The molecule has 2 aliphatic rings. The Morgan fingerprint density at radius 2 is 0.833 bits per heavy atom. The third-order valence-electron chi connectivity index (χ3n) is 10.5. The lowest BCUT2D eigenvalue weighted by Gasteiger charge is -2.36. The van der Waals surface area contributed by atoms with E-state index in [0.717, 1.165) is 33.9 Å². The Morgan fingerprint density at radius 3 is 1.48 bits per heavy atom. The Morgan fingerprint density at radius 1 is 0.354 bits per heavy atom. The molecule has 230 valence electrons. The number of fused-ring (bicyclic) bond motifs is 5. The van der Waals surface area contributed by atoms with Gasteiger partial charge in [-0.25, -0.2) is 9.97 Å². The van der Waals surface area contributed by atoms with Crippen LogP contribution in [-0.2, 0) is 5.41 Å². The summed E-state index contributed by atoms with van der Waals surface area (Å²) < 4.78 is 0. The van der Waals surface area contributed by atoms with E-state index in [1.54, 1.807) is 0 Å². The van der Waals surface area contributed by atoms with Crippen LogP contribution in [0.25, 0.3) is 67.3 Å². The van der Waals surface area contributed by atoms with Crippen LogP contribution in [0.1, 0.15) is 43.2 Å². The average Bonchev–Trinajstić information content (AvgIpc) is 3.43. The van der Waals surface area contributed by atoms with Crippen LogP contribution < -0.4 is 0 Å². The van der Waals surface area contributed by atoms with Crippen LogP contribution in [0.3, 0.4) is 0 Å². The van der Waals surface area contributed by atoms with Crippen molar-refractivity contribution >= 4 is 0 Å². The molecule has 2 heteroatoms. The molecular weight excluding hydrogens is 581 g/mol. The fourth-order valence-corrected chi connectivity index (χ4v) is 8.09. The molecule has 6 aromatic carbocycles. The zero-order valence-electron chi connectivity index (χ0n) is 26.9. The molecule has 0 N–H and O–H groups in total. The highest BCUT2D eigenvalue weighted by Crippen LogP contribution is 2.56. The minimum atomic E-state index is 0.157. The second-order valence-corrected chi connectivity index (χ2v) is 13.3. The van der Waals surface area contributed by atoms with Gasteiger partial charge >= 0.3 is 0 Å². The Labute approximate surface area is 282 Å². The Hall–Kier alpha value is -5.60. The van der Waals surface area contributed by atoms with E-state index in [1.807, 2.05) is 18.2 Å². The standard InChI is InChI=1S/C46H36N2/c1-4-12-32(13-5-1)33-18-22-35(23-19-33)43-31-44(48-45(47-43)37-14-6-2-7-15-37)36-24-20-34(21-25-36)38-26-27-40-39-16-8-9-17-41(39)46(42(40)30-38)28-10-3-11-29-46/h1-2,4-9,12-27,30-31H,3,10-11,28-29H2. The smallest absolute Gasteiger partial charge is 0.160 e. The molecule has 1 fully saturated rings. The molecule has 2 aliphatic carbocycles. The van der Waals surface area contributed by atoms with Gasteiger partial charge in [-0.05, 0) is 69.5 Å². The van der Waals surface area contributed by atoms with Gasteiger partial charge in [0.25, 0.3) is 0 Å². The molecule has 0 bridgehead atoms. The number of hydrogen-bond acceptors (Lipinski definition) is 2. The van der Waals surface area contributed by atoms with Crippen LogP contribution in [0.4, 0.5) is 0 Å². The highest BCUT2D eigenvalue weighted by molar-refractivity contribution is 5.84. The van der Waals surface area contributed by atoms with Gasteiger partial charge in [-0.3, -0.25) is 0 Å². The fourth-order valence-electron chi connectivity index (χ4n) is 8.09. The van der Waals surface area contributed by atoms with Crippen molar-refractivity contribution in [2.24, 2.45) is 0 Å². The second kappa shape index (κ2) is 11.9. The van der Waals surface area contributed by atoms with E-state index in [-0.39, 0.29) is 5.41 Å². The first-order valence-corrected chi connectivity index (χ1v) is 17.2. The summed E-state index contributed by atoms with van der Waals surface area (Å²) in [5, 5.41) is 0. The third kappa shape index (κ3) is 4.96. The molecule has 48 heavy (non-hydrogen) atoms. The van der Waals surface area contributed by atoms with Crippen LogP contribution in [0.2, 0.25) is 0 Å². The van der Waals surface area contributed by atoms with Crippen molar-refractivity contribution in [2.45, 2.75) is 37.5 Å². The van der Waals surface area contributed by atoms with Crippen LogP contribution in [-0.4, -0.2) is 9.97 Å². The topological polar surface area (TPSA) is 25.8 Å². The molecule has 9 rings (SSSR count). The van der Waals surface area contributed by atoms with Crippen molar-refractivity contribution in [1.82, 2.24) is 9.97 Å². The molecule has 1 aromatic heterocycles. The third-order valence-corrected chi connectivity index (χ3v) is 10.5. The molecule has 1 spiro atoms. The van der Waals surface area contributed by atoms with Gasteiger partial charge in [0, 0.05) is 22.1 Å². The predicted molar refractivity (Wildman–Crippen MR) is 199 cm³/mol. The molecule has 0 amide bonds. The molecule has 1 heterocycles. The van der Waals surface area contributed by atoms with E-state index in [0.29, 0.717) is 0 Å². The largest absolute Gasteiger partial charge is 0.228 e. The summed E-state index contributed by atoms with van der Waals surface area (Å²) in [4.78, 5) is 10.1. The zero-order chi connectivity index (χ0) is 31.9. The molecule has 0 atom stereocenters. The van der Waals surface area contributed by atoms with Crippen LogP contribution in [0.15, 0.2) is 158 Å². The second-order valence-electron chi connectivity index (χ2n) is 13.3. The molecule has 0 aliphatic heterocycles. The lowest BCUT2D eigenvalue weighted by atomic mass is 9.67. The lowest BCUT2D eigenvalue weighted by Crippen LogP contribution is -2.28. The minimum Gasteiger partial charge on any atom is -0.228 e. The summed E-state index contributed by atoms with van der Waals surface area (Å²) in [7, 11) is 0. The molecule has 0 saturated heterocycles. The summed E-state index contributed by atoms with van der Waals surface area (Å²) >= 11 is 0. The van der Waals surface area contributed by atoms with Crippen molar-refractivity contribution in [1.29, 1.82) is 0 Å². The Balaban J connectivity index is 1.08. The highest BCUT2D eigenvalue weighted by atomic mass is 14.9. The molecule has 1 saturated carbocycles. The van der Waals surface area contributed by atoms with Crippen molar-refractivity contribution in [3.05, 3.63) is 169 Å². The maximum absolute atomic E-state index is 5.08. The minimum absolute atomic E-state index is 0.157. The first-order valence-electron chi connectivity index (χ1n) is 17.2. The quantitative estimate of drug-likeness (QED) is 0.192.